The molecular formula is C16H24N2O3. The zero-order valence-corrected chi connectivity index (χ0v) is 12.7. The molecule has 1 atom stereocenters. The molecule has 5 nitrogen and oxygen atoms in total. The molecule has 116 valence electrons. The van der Waals surface area contributed by atoms with Gasteiger partial charge in [-0.1, -0.05) is 19.1 Å². The van der Waals surface area contributed by atoms with Crippen LogP contribution in [0.1, 0.15) is 51.1 Å². The maximum Gasteiger partial charge on any atom is 0.269 e. The van der Waals surface area contributed by atoms with Crippen LogP contribution in [0, 0.1) is 16.0 Å². The molecule has 0 spiro atoms. The predicted octanol–water partition coefficient (Wildman–Crippen LogP) is 3.19. The molecule has 5 heteroatoms. The summed E-state index contributed by atoms with van der Waals surface area (Å²) >= 11 is 0. The number of nitro benzene ring substituents is 1. The molecule has 1 fully saturated rings. The second-order valence-corrected chi connectivity index (χ2v) is 6.34. The average molecular weight is 292 g/mol. The molecule has 21 heavy (non-hydrogen) atoms. The van der Waals surface area contributed by atoms with Crippen molar-refractivity contribution >= 4 is 5.69 Å². The van der Waals surface area contributed by atoms with E-state index < -0.39 is 0 Å². The van der Waals surface area contributed by atoms with Crippen molar-refractivity contribution in [2.75, 3.05) is 6.61 Å². The number of benzene rings is 1. The fourth-order valence-corrected chi connectivity index (χ4v) is 3.09. The molecule has 1 unspecified atom stereocenters. The predicted molar refractivity (Wildman–Crippen MR) is 82.1 cm³/mol. The fraction of sp³-hybridized carbons (Fsp3) is 0.625. The number of nitro groups is 1. The Kier molecular flexibility index (Phi) is 4.96. The van der Waals surface area contributed by atoms with E-state index in [4.69, 9.17) is 0 Å². The zero-order chi connectivity index (χ0) is 15.5. The lowest BCUT2D eigenvalue weighted by atomic mass is 9.77. The van der Waals surface area contributed by atoms with Gasteiger partial charge < -0.3 is 10.4 Å². The number of hydrogen-bond donors (Lipinski definition) is 2. The Morgan fingerprint density at radius 3 is 2.43 bits per heavy atom. The first kappa shape index (κ1) is 15.9. The second kappa shape index (κ2) is 6.54. The van der Waals surface area contributed by atoms with Crippen LogP contribution in [0.2, 0.25) is 0 Å². The van der Waals surface area contributed by atoms with Crippen molar-refractivity contribution in [1.82, 2.24) is 5.32 Å². The molecule has 0 aliphatic heterocycles. The van der Waals surface area contributed by atoms with Crippen LogP contribution in [-0.2, 0) is 0 Å². The normalized spacial score (nSPS) is 27.3. The quantitative estimate of drug-likeness (QED) is 0.645. The van der Waals surface area contributed by atoms with E-state index >= 15 is 0 Å². The summed E-state index contributed by atoms with van der Waals surface area (Å²) in [5.41, 5.74) is 0.898. The number of hydrogen-bond acceptors (Lipinski definition) is 4. The third-order valence-electron chi connectivity index (χ3n) is 4.66. The molecule has 1 aliphatic rings. The van der Waals surface area contributed by atoms with Crippen LogP contribution in [0.5, 0.6) is 0 Å². The Morgan fingerprint density at radius 1 is 1.38 bits per heavy atom. The topological polar surface area (TPSA) is 75.4 Å². The minimum Gasteiger partial charge on any atom is -0.394 e. The number of aliphatic hydroxyl groups excluding tert-OH is 1. The summed E-state index contributed by atoms with van der Waals surface area (Å²) in [5.74, 6) is 0.723. The molecule has 0 radical (unpaired) electrons. The smallest absolute Gasteiger partial charge is 0.269 e. The van der Waals surface area contributed by atoms with Gasteiger partial charge in [0.25, 0.3) is 5.69 Å². The fourth-order valence-electron chi connectivity index (χ4n) is 3.09. The molecule has 0 amide bonds. The van der Waals surface area contributed by atoms with Gasteiger partial charge in [-0.25, -0.2) is 0 Å². The van der Waals surface area contributed by atoms with Crippen LogP contribution in [0.25, 0.3) is 0 Å². The van der Waals surface area contributed by atoms with Gasteiger partial charge in [-0.15, -0.1) is 0 Å². The highest BCUT2D eigenvalue weighted by molar-refractivity contribution is 5.34. The van der Waals surface area contributed by atoms with Gasteiger partial charge in [-0.3, -0.25) is 10.1 Å². The lowest BCUT2D eigenvalue weighted by Crippen LogP contribution is -2.51. The van der Waals surface area contributed by atoms with Crippen molar-refractivity contribution in [3.05, 3.63) is 39.9 Å². The highest BCUT2D eigenvalue weighted by Gasteiger charge is 2.34. The zero-order valence-electron chi connectivity index (χ0n) is 12.7. The van der Waals surface area contributed by atoms with E-state index in [0.29, 0.717) is 0 Å². The average Bonchev–Trinajstić information content (AvgIpc) is 2.50. The van der Waals surface area contributed by atoms with Gasteiger partial charge in [0, 0.05) is 23.7 Å². The lowest BCUT2D eigenvalue weighted by molar-refractivity contribution is -0.384. The molecule has 1 aliphatic carbocycles. The van der Waals surface area contributed by atoms with Crippen LogP contribution >= 0.6 is 0 Å². The Labute approximate surface area is 125 Å². The van der Waals surface area contributed by atoms with Crippen molar-refractivity contribution < 1.29 is 10.0 Å². The van der Waals surface area contributed by atoms with Crippen molar-refractivity contribution in [2.45, 2.75) is 51.1 Å². The summed E-state index contributed by atoms with van der Waals surface area (Å²) in [5, 5.41) is 24.0. The summed E-state index contributed by atoms with van der Waals surface area (Å²) in [4.78, 5) is 10.3. The summed E-state index contributed by atoms with van der Waals surface area (Å²) in [6.07, 6.45) is 4.20. The standard InChI is InChI=1S/C16H24N2O3/c1-12-7-9-16(11-19,10-8-12)17-13(2)14-3-5-15(6-4-14)18(20)21/h3-6,12-13,17,19H,7-11H2,1-2H3. The Balaban J connectivity index is 2.05. The Morgan fingerprint density at radius 2 is 1.95 bits per heavy atom. The maximum absolute atomic E-state index is 10.7. The third-order valence-corrected chi connectivity index (χ3v) is 4.66. The van der Waals surface area contributed by atoms with E-state index in [1.165, 1.54) is 12.1 Å². The first-order valence-corrected chi connectivity index (χ1v) is 7.59. The van der Waals surface area contributed by atoms with E-state index in [-0.39, 0.29) is 28.8 Å². The van der Waals surface area contributed by atoms with Crippen LogP contribution in [0.3, 0.4) is 0 Å². The largest absolute Gasteiger partial charge is 0.394 e. The molecule has 2 N–H and O–H groups in total. The number of nitrogens with one attached hydrogen (secondary N) is 1. The first-order valence-electron chi connectivity index (χ1n) is 7.59. The number of rotatable bonds is 5. The molecule has 0 bridgehead atoms. The van der Waals surface area contributed by atoms with Gasteiger partial charge in [0.15, 0.2) is 0 Å². The van der Waals surface area contributed by atoms with Crippen molar-refractivity contribution in [1.29, 1.82) is 0 Å². The molecule has 1 saturated carbocycles. The molecule has 2 rings (SSSR count). The maximum atomic E-state index is 10.7. The van der Waals surface area contributed by atoms with Gasteiger partial charge in [0.2, 0.25) is 0 Å². The number of nitrogens with zero attached hydrogens (tertiary/aromatic N) is 1. The van der Waals surface area contributed by atoms with Gasteiger partial charge in [-0.05, 0) is 44.1 Å². The van der Waals surface area contributed by atoms with E-state index in [1.54, 1.807) is 12.1 Å². The Hall–Kier alpha value is -1.46. The lowest BCUT2D eigenvalue weighted by Gasteiger charge is -2.41. The SMILES string of the molecule is CC1CCC(CO)(NC(C)c2ccc([N+](=O)[O-])cc2)CC1. The van der Waals surface area contributed by atoms with Gasteiger partial charge >= 0.3 is 0 Å². The summed E-state index contributed by atoms with van der Waals surface area (Å²) in [7, 11) is 0. The molecule has 0 aromatic heterocycles. The molecule has 1 aromatic rings. The Bertz CT molecular complexity index is 479. The van der Waals surface area contributed by atoms with E-state index in [2.05, 4.69) is 12.2 Å². The van der Waals surface area contributed by atoms with Crippen molar-refractivity contribution in [3.63, 3.8) is 0 Å². The second-order valence-electron chi connectivity index (χ2n) is 6.34. The number of non-ortho nitro benzene ring substituents is 1. The van der Waals surface area contributed by atoms with Gasteiger partial charge in [0.05, 0.1) is 11.5 Å². The van der Waals surface area contributed by atoms with Gasteiger partial charge in [0.1, 0.15) is 0 Å². The van der Waals surface area contributed by atoms with Gasteiger partial charge in [-0.2, -0.15) is 0 Å². The van der Waals surface area contributed by atoms with E-state index in [0.717, 1.165) is 37.2 Å². The summed E-state index contributed by atoms with van der Waals surface area (Å²) in [6, 6.07) is 6.69. The van der Waals surface area contributed by atoms with Crippen LogP contribution in [-0.4, -0.2) is 22.2 Å². The minimum absolute atomic E-state index is 0.0614. The highest BCUT2D eigenvalue weighted by Crippen LogP contribution is 2.33. The van der Waals surface area contributed by atoms with Crippen LogP contribution in [0.15, 0.2) is 24.3 Å². The minimum atomic E-state index is -0.389. The van der Waals surface area contributed by atoms with Crippen LogP contribution in [0.4, 0.5) is 5.69 Å². The van der Waals surface area contributed by atoms with E-state index in [1.807, 2.05) is 6.92 Å². The summed E-state index contributed by atoms with van der Waals surface area (Å²) in [6.45, 7) is 4.43. The summed E-state index contributed by atoms with van der Waals surface area (Å²) < 4.78 is 0. The first-order chi connectivity index (χ1) is 9.96. The van der Waals surface area contributed by atoms with E-state index in [9.17, 15) is 15.2 Å². The molecular weight excluding hydrogens is 268 g/mol. The van der Waals surface area contributed by atoms with Crippen molar-refractivity contribution in [3.8, 4) is 0 Å². The number of aliphatic hydroxyl groups is 1. The monoisotopic (exact) mass is 292 g/mol. The van der Waals surface area contributed by atoms with Crippen LogP contribution < -0.4 is 5.32 Å². The molecule has 0 heterocycles. The third kappa shape index (κ3) is 3.80. The molecule has 1 aromatic carbocycles. The highest BCUT2D eigenvalue weighted by atomic mass is 16.6. The van der Waals surface area contributed by atoms with Crippen molar-refractivity contribution in [2.24, 2.45) is 5.92 Å². The molecule has 0 saturated heterocycles.